The van der Waals surface area contributed by atoms with Gasteiger partial charge in [0.1, 0.15) is 5.82 Å². The molecule has 6 heteroatoms. The lowest BCUT2D eigenvalue weighted by Crippen LogP contribution is -2.09. The summed E-state index contributed by atoms with van der Waals surface area (Å²) in [5, 5.41) is 0.233. The molecule has 1 heterocycles. The van der Waals surface area contributed by atoms with Gasteiger partial charge in [-0.1, -0.05) is 17.7 Å². The first kappa shape index (κ1) is 12.7. The Morgan fingerprint density at radius 3 is 2.65 bits per heavy atom. The van der Waals surface area contributed by atoms with Crippen molar-refractivity contribution in [3.63, 3.8) is 0 Å². The number of hydrogen-bond donors (Lipinski definition) is 0. The van der Waals surface area contributed by atoms with Gasteiger partial charge < -0.3 is 4.42 Å². The van der Waals surface area contributed by atoms with Gasteiger partial charge in [0.05, 0.1) is 6.42 Å². The number of ketones is 2. The first-order chi connectivity index (χ1) is 9.56. The fraction of sp³-hybridized carbons (Fsp3) is 0.0714. The number of nitrogens with zero attached hydrogens (tertiary/aromatic N) is 1. The smallest absolute Gasteiger partial charge is 0.223 e. The number of oxazole rings is 1. The van der Waals surface area contributed by atoms with Crippen molar-refractivity contribution in [2.24, 2.45) is 0 Å². The molecule has 1 aromatic carbocycles. The van der Waals surface area contributed by atoms with Crippen LogP contribution in [0.1, 0.15) is 32.5 Å². The van der Waals surface area contributed by atoms with Crippen LogP contribution in [0.2, 0.25) is 5.02 Å². The van der Waals surface area contributed by atoms with E-state index in [0.29, 0.717) is 0 Å². The fourth-order valence-electron chi connectivity index (χ4n) is 1.93. The predicted octanol–water partition coefficient (Wildman–Crippen LogP) is 2.99. The second-order valence-electron chi connectivity index (χ2n) is 4.22. The fourth-order valence-corrected chi connectivity index (χ4v) is 2.16. The molecule has 0 fully saturated rings. The Balaban J connectivity index is 2.00. The van der Waals surface area contributed by atoms with Crippen LogP contribution in [0.5, 0.6) is 0 Å². The SMILES string of the molecule is O=C1C=CC(=O)c2oc(Cc3c(F)cccc3Cl)nc21. The Morgan fingerprint density at radius 2 is 1.95 bits per heavy atom. The van der Waals surface area contributed by atoms with Gasteiger partial charge in [-0.15, -0.1) is 0 Å². The molecule has 0 radical (unpaired) electrons. The van der Waals surface area contributed by atoms with Gasteiger partial charge in [-0.3, -0.25) is 9.59 Å². The lowest BCUT2D eigenvalue weighted by molar-refractivity contribution is 0.0973. The van der Waals surface area contributed by atoms with Gasteiger partial charge in [0, 0.05) is 10.6 Å². The van der Waals surface area contributed by atoms with E-state index < -0.39 is 17.4 Å². The van der Waals surface area contributed by atoms with Gasteiger partial charge in [-0.2, -0.15) is 0 Å². The summed E-state index contributed by atoms with van der Waals surface area (Å²) < 4.78 is 18.9. The van der Waals surface area contributed by atoms with Crippen LogP contribution < -0.4 is 0 Å². The zero-order valence-corrected chi connectivity index (χ0v) is 10.8. The molecule has 1 aliphatic carbocycles. The molecule has 0 amide bonds. The number of hydrogen-bond acceptors (Lipinski definition) is 4. The van der Waals surface area contributed by atoms with E-state index in [2.05, 4.69) is 4.98 Å². The van der Waals surface area contributed by atoms with Crippen LogP contribution >= 0.6 is 11.6 Å². The zero-order chi connectivity index (χ0) is 14.3. The summed E-state index contributed by atoms with van der Waals surface area (Å²) in [6.07, 6.45) is 2.22. The summed E-state index contributed by atoms with van der Waals surface area (Å²) in [6.45, 7) is 0. The number of carbonyl (C=O) groups is 2. The summed E-state index contributed by atoms with van der Waals surface area (Å²) in [6, 6.07) is 4.29. The number of benzene rings is 1. The minimum atomic E-state index is -0.496. The minimum absolute atomic E-state index is 0.0287. The summed E-state index contributed by atoms with van der Waals surface area (Å²) in [4.78, 5) is 27.1. The maximum absolute atomic E-state index is 13.7. The van der Waals surface area contributed by atoms with Crippen LogP contribution in [0, 0.1) is 5.82 Å². The lowest BCUT2D eigenvalue weighted by Gasteiger charge is -2.02. The van der Waals surface area contributed by atoms with Crippen molar-refractivity contribution in [2.75, 3.05) is 0 Å². The van der Waals surface area contributed by atoms with E-state index in [-0.39, 0.29) is 34.4 Å². The number of carbonyl (C=O) groups excluding carboxylic acids is 2. The summed E-state index contributed by atoms with van der Waals surface area (Å²) in [7, 11) is 0. The van der Waals surface area contributed by atoms with Gasteiger partial charge in [-0.25, -0.2) is 9.37 Å². The molecule has 0 N–H and O–H groups in total. The second kappa shape index (κ2) is 4.68. The average molecular weight is 292 g/mol. The number of allylic oxidation sites excluding steroid dienone is 2. The largest absolute Gasteiger partial charge is 0.436 e. The Morgan fingerprint density at radius 1 is 1.20 bits per heavy atom. The third-order valence-corrected chi connectivity index (χ3v) is 3.26. The van der Waals surface area contributed by atoms with E-state index in [0.717, 1.165) is 12.2 Å². The average Bonchev–Trinajstić information content (AvgIpc) is 2.84. The van der Waals surface area contributed by atoms with Crippen molar-refractivity contribution in [1.29, 1.82) is 0 Å². The first-order valence-electron chi connectivity index (χ1n) is 5.75. The molecule has 20 heavy (non-hydrogen) atoms. The summed E-state index contributed by atoms with van der Waals surface area (Å²) in [5.41, 5.74) is 0.167. The maximum Gasteiger partial charge on any atom is 0.223 e. The van der Waals surface area contributed by atoms with E-state index in [1.54, 1.807) is 6.07 Å². The Labute approximate surface area is 117 Å². The molecule has 0 saturated heterocycles. The van der Waals surface area contributed by atoms with Gasteiger partial charge >= 0.3 is 0 Å². The van der Waals surface area contributed by atoms with Gasteiger partial charge in [0.15, 0.2) is 11.6 Å². The molecule has 2 aromatic rings. The molecular weight excluding hydrogens is 285 g/mol. The van der Waals surface area contributed by atoms with Crippen molar-refractivity contribution >= 4 is 23.2 Å². The summed E-state index contributed by atoms with van der Waals surface area (Å²) in [5.74, 6) is -1.37. The third kappa shape index (κ3) is 2.06. The van der Waals surface area contributed by atoms with Crippen molar-refractivity contribution in [3.05, 3.63) is 64.1 Å². The van der Waals surface area contributed by atoms with Crippen LogP contribution in [0.4, 0.5) is 4.39 Å². The molecule has 4 nitrogen and oxygen atoms in total. The molecule has 100 valence electrons. The zero-order valence-electron chi connectivity index (χ0n) is 10.0. The van der Waals surface area contributed by atoms with Gasteiger partial charge in [-0.05, 0) is 24.3 Å². The number of fused-ring (bicyclic) bond motifs is 1. The van der Waals surface area contributed by atoms with Crippen LogP contribution in [-0.4, -0.2) is 16.6 Å². The second-order valence-corrected chi connectivity index (χ2v) is 4.63. The number of aromatic nitrogens is 1. The number of rotatable bonds is 2. The predicted molar refractivity (Wildman–Crippen MR) is 68.5 cm³/mol. The molecular formula is C14H7ClFNO3. The van der Waals surface area contributed by atoms with Gasteiger partial charge in [0.25, 0.3) is 0 Å². The van der Waals surface area contributed by atoms with Crippen LogP contribution in [0.3, 0.4) is 0 Å². The Bertz CT molecular complexity index is 708. The quantitative estimate of drug-likeness (QED) is 0.853. The van der Waals surface area contributed by atoms with Crippen molar-refractivity contribution in [1.82, 2.24) is 4.98 Å². The van der Waals surface area contributed by atoms with Crippen LogP contribution in [-0.2, 0) is 6.42 Å². The first-order valence-corrected chi connectivity index (χ1v) is 6.13. The van der Waals surface area contributed by atoms with E-state index in [9.17, 15) is 14.0 Å². The van der Waals surface area contributed by atoms with Crippen molar-refractivity contribution in [3.8, 4) is 0 Å². The highest BCUT2D eigenvalue weighted by Gasteiger charge is 2.27. The van der Waals surface area contributed by atoms with E-state index in [1.807, 2.05) is 0 Å². The standard InChI is InChI=1S/C14H7ClFNO3/c15-8-2-1-3-9(16)7(8)6-12-17-13-10(18)4-5-11(19)14(13)20-12/h1-5H,6H2. The monoisotopic (exact) mass is 291 g/mol. The number of halogens is 2. The third-order valence-electron chi connectivity index (χ3n) is 2.90. The molecule has 1 aliphatic rings. The van der Waals surface area contributed by atoms with E-state index >= 15 is 0 Å². The topological polar surface area (TPSA) is 60.2 Å². The molecule has 1 aromatic heterocycles. The molecule has 0 bridgehead atoms. The van der Waals surface area contributed by atoms with Crippen molar-refractivity contribution in [2.45, 2.75) is 6.42 Å². The normalized spacial score (nSPS) is 13.7. The maximum atomic E-state index is 13.7. The minimum Gasteiger partial charge on any atom is -0.436 e. The Kier molecular flexibility index (Phi) is 2.99. The molecule has 0 unspecified atom stereocenters. The van der Waals surface area contributed by atoms with E-state index in [4.69, 9.17) is 16.0 Å². The van der Waals surface area contributed by atoms with Gasteiger partial charge in [0.2, 0.25) is 17.3 Å². The Hall–Kier alpha value is -2.27. The lowest BCUT2D eigenvalue weighted by atomic mass is 10.1. The van der Waals surface area contributed by atoms with Crippen LogP contribution in [0.15, 0.2) is 34.8 Å². The van der Waals surface area contributed by atoms with E-state index in [1.165, 1.54) is 12.1 Å². The summed E-state index contributed by atoms with van der Waals surface area (Å²) >= 11 is 5.91. The molecule has 0 spiro atoms. The highest BCUT2D eigenvalue weighted by molar-refractivity contribution is 6.31. The molecule has 0 saturated carbocycles. The molecule has 0 atom stereocenters. The van der Waals surface area contributed by atoms with Crippen molar-refractivity contribution < 1.29 is 18.4 Å². The van der Waals surface area contributed by atoms with Crippen LogP contribution in [0.25, 0.3) is 0 Å². The highest BCUT2D eigenvalue weighted by atomic mass is 35.5. The molecule has 0 aliphatic heterocycles. The molecule has 3 rings (SSSR count). The highest BCUT2D eigenvalue weighted by Crippen LogP contribution is 2.24.